The fourth-order valence-corrected chi connectivity index (χ4v) is 7.28. The Hall–Kier alpha value is -3.90. The van der Waals surface area contributed by atoms with Crippen molar-refractivity contribution in [1.29, 1.82) is 0 Å². The molecule has 0 bridgehead atoms. The molecule has 0 aliphatic heterocycles. The van der Waals surface area contributed by atoms with Crippen LogP contribution in [-0.2, 0) is 27.7 Å². The van der Waals surface area contributed by atoms with Crippen molar-refractivity contribution < 1.29 is 46.7 Å². The van der Waals surface area contributed by atoms with E-state index >= 15 is 0 Å². The van der Waals surface area contributed by atoms with Crippen LogP contribution >= 0.6 is 7.82 Å². The molecule has 0 unspecified atom stereocenters. The lowest BCUT2D eigenvalue weighted by Crippen LogP contribution is -2.38. The monoisotopic (exact) mass is 699 g/mol. The molecule has 1 aliphatic carbocycles. The summed E-state index contributed by atoms with van der Waals surface area (Å²) in [7, 11) is -4.01. The van der Waals surface area contributed by atoms with Gasteiger partial charge < -0.3 is 14.6 Å². The second-order valence-corrected chi connectivity index (χ2v) is 15.9. The molecule has 12 nitrogen and oxygen atoms in total. The van der Waals surface area contributed by atoms with E-state index in [-0.39, 0.29) is 31.1 Å². The molecular weight excluding hydrogens is 656 g/mol. The first-order chi connectivity index (χ1) is 22.8. The molecule has 264 valence electrons. The highest BCUT2D eigenvalue weighted by Crippen LogP contribution is 2.55. The minimum atomic E-state index is -4.01. The fourth-order valence-electron chi connectivity index (χ4n) is 5.50. The smallest absolute Gasteiger partial charge is 0.475 e. The maximum absolute atomic E-state index is 13.9. The number of fused-ring (bicyclic) bond motifs is 2. The van der Waals surface area contributed by atoms with Crippen molar-refractivity contribution in [3.05, 3.63) is 54.1 Å². The number of hydrogen-bond acceptors (Lipinski definition) is 10. The van der Waals surface area contributed by atoms with Crippen LogP contribution in [0.25, 0.3) is 32.8 Å². The number of benzene rings is 2. The van der Waals surface area contributed by atoms with Crippen molar-refractivity contribution in [3.63, 3.8) is 0 Å². The third kappa shape index (κ3) is 8.64. The van der Waals surface area contributed by atoms with Crippen LogP contribution in [0.1, 0.15) is 79.8 Å². The van der Waals surface area contributed by atoms with Crippen LogP contribution in [0.3, 0.4) is 0 Å². The number of carboxylic acid groups (broad SMARTS) is 1. The van der Waals surface area contributed by atoms with Crippen LogP contribution < -0.4 is 4.74 Å². The number of carboxylic acids is 1. The average molecular weight is 700 g/mol. The standard InChI is InChI=1S/C35H43FN3O9P/c1-20(2)30-29(21-9-11-24(36)12-10-21)26-17-23-19-37-39(28(23)18-27(26)31(38-30)46-25-15-22(16-25)32(40)41)33(42)44-13-14-45-49(43,47-34(3,4)5)48-35(6,7)8/h9-12,17-20,22,25H,13-16H2,1-8H3,(H,40,41). The Labute approximate surface area is 284 Å². The molecule has 0 spiro atoms. The van der Waals surface area contributed by atoms with E-state index in [1.807, 2.05) is 19.9 Å². The van der Waals surface area contributed by atoms with E-state index < -0.39 is 37.0 Å². The maximum Gasteiger partial charge on any atom is 0.475 e. The van der Waals surface area contributed by atoms with Crippen LogP contribution in [0, 0.1) is 11.7 Å². The molecular formula is C35H43FN3O9P. The van der Waals surface area contributed by atoms with Gasteiger partial charge >= 0.3 is 19.9 Å². The Morgan fingerprint density at radius 3 is 2.20 bits per heavy atom. The van der Waals surface area contributed by atoms with Gasteiger partial charge in [-0.05, 0) is 95.5 Å². The van der Waals surface area contributed by atoms with Crippen LogP contribution in [0.2, 0.25) is 0 Å². The number of rotatable bonds is 11. The van der Waals surface area contributed by atoms with Gasteiger partial charge in [0.25, 0.3) is 0 Å². The third-order valence-electron chi connectivity index (χ3n) is 7.59. The van der Waals surface area contributed by atoms with Gasteiger partial charge in [0.2, 0.25) is 5.88 Å². The van der Waals surface area contributed by atoms with E-state index in [9.17, 15) is 23.7 Å². The number of phosphoric acid groups is 1. The van der Waals surface area contributed by atoms with Gasteiger partial charge in [0, 0.05) is 16.3 Å². The van der Waals surface area contributed by atoms with Gasteiger partial charge in [0.05, 0.1) is 41.1 Å². The van der Waals surface area contributed by atoms with E-state index in [0.717, 1.165) is 26.9 Å². The number of aromatic nitrogens is 3. The van der Waals surface area contributed by atoms with Crippen LogP contribution in [-0.4, -0.2) is 62.5 Å². The Balaban J connectivity index is 1.47. The largest absolute Gasteiger partial charge is 0.481 e. The van der Waals surface area contributed by atoms with Crippen molar-refractivity contribution in [2.24, 2.45) is 5.92 Å². The predicted molar refractivity (Wildman–Crippen MR) is 181 cm³/mol. The summed E-state index contributed by atoms with van der Waals surface area (Å²) in [6, 6.07) is 9.74. The molecule has 1 N–H and O–H groups in total. The van der Waals surface area contributed by atoms with Gasteiger partial charge in [-0.3, -0.25) is 18.4 Å². The number of nitrogens with zero attached hydrogens (tertiary/aromatic N) is 3. The van der Waals surface area contributed by atoms with Gasteiger partial charge in [-0.25, -0.2) is 18.7 Å². The highest BCUT2D eigenvalue weighted by Gasteiger charge is 2.38. The molecule has 2 aromatic heterocycles. The summed E-state index contributed by atoms with van der Waals surface area (Å²) < 4.78 is 56.8. The summed E-state index contributed by atoms with van der Waals surface area (Å²) >= 11 is 0. The Morgan fingerprint density at radius 1 is 1.00 bits per heavy atom. The summed E-state index contributed by atoms with van der Waals surface area (Å²) in [6.07, 6.45) is 1.07. The predicted octanol–water partition coefficient (Wildman–Crippen LogP) is 8.50. The van der Waals surface area contributed by atoms with Gasteiger partial charge in [-0.1, -0.05) is 26.0 Å². The van der Waals surface area contributed by atoms with Crippen LogP contribution in [0.15, 0.2) is 42.6 Å². The second-order valence-electron chi connectivity index (χ2n) is 14.4. The number of halogens is 1. The Kier molecular flexibility index (Phi) is 10.2. The lowest BCUT2D eigenvalue weighted by atomic mass is 9.82. The maximum atomic E-state index is 13.9. The molecule has 0 radical (unpaired) electrons. The number of ether oxygens (including phenoxy) is 2. The van der Waals surface area contributed by atoms with E-state index in [0.29, 0.717) is 35.0 Å². The summed E-state index contributed by atoms with van der Waals surface area (Å²) in [6.45, 7) is 13.8. The summed E-state index contributed by atoms with van der Waals surface area (Å²) in [5.74, 6) is -1.48. The normalized spacial score (nSPS) is 17.0. The molecule has 14 heteroatoms. The first kappa shape index (κ1) is 36.4. The first-order valence-electron chi connectivity index (χ1n) is 16.2. The quantitative estimate of drug-likeness (QED) is 0.119. The zero-order valence-electron chi connectivity index (χ0n) is 29.0. The van der Waals surface area contributed by atoms with E-state index in [2.05, 4.69) is 5.10 Å². The number of phosphoric ester groups is 1. The van der Waals surface area contributed by atoms with E-state index in [4.69, 9.17) is 28.0 Å². The zero-order chi connectivity index (χ0) is 35.9. The van der Waals surface area contributed by atoms with Gasteiger partial charge in [-0.2, -0.15) is 9.78 Å². The molecule has 1 saturated carbocycles. The molecule has 0 saturated heterocycles. The highest BCUT2D eigenvalue weighted by molar-refractivity contribution is 7.48. The molecule has 4 aromatic rings. The molecule has 1 aliphatic rings. The first-order valence-corrected chi connectivity index (χ1v) is 17.6. The SMILES string of the molecule is CC(C)c1nc(OC2CC(C(=O)O)C2)c2cc3c(cnn3C(=O)OCCOP(=O)(OC(C)(C)C)OC(C)(C)C)cc2c1-c1ccc(F)cc1. The van der Waals surface area contributed by atoms with Crippen molar-refractivity contribution in [3.8, 4) is 17.0 Å². The summed E-state index contributed by atoms with van der Waals surface area (Å²) in [5.41, 5.74) is 1.00. The van der Waals surface area contributed by atoms with E-state index in [1.165, 1.54) is 18.3 Å². The van der Waals surface area contributed by atoms with Crippen molar-refractivity contribution in [2.75, 3.05) is 13.2 Å². The minimum absolute atomic E-state index is 0.0477. The molecule has 1 fully saturated rings. The minimum Gasteiger partial charge on any atom is -0.481 e. The summed E-state index contributed by atoms with van der Waals surface area (Å²) in [5, 5.41) is 15.6. The Bertz CT molecular complexity index is 1890. The van der Waals surface area contributed by atoms with Crippen LogP contribution in [0.4, 0.5) is 9.18 Å². The molecule has 0 atom stereocenters. The molecule has 0 amide bonds. The number of aliphatic carboxylic acids is 1. The van der Waals surface area contributed by atoms with E-state index in [1.54, 1.807) is 59.7 Å². The average Bonchev–Trinajstić information content (AvgIpc) is 3.36. The number of hydrogen-bond donors (Lipinski definition) is 1. The number of carbonyl (C=O) groups is 2. The van der Waals surface area contributed by atoms with Crippen molar-refractivity contribution >= 4 is 41.6 Å². The van der Waals surface area contributed by atoms with Gasteiger partial charge in [0.15, 0.2) is 0 Å². The lowest BCUT2D eigenvalue weighted by molar-refractivity contribution is -0.148. The number of pyridine rings is 1. The number of carbonyl (C=O) groups excluding carboxylic acids is 1. The van der Waals surface area contributed by atoms with Crippen molar-refractivity contribution in [2.45, 2.75) is 91.5 Å². The molecule has 49 heavy (non-hydrogen) atoms. The topological polar surface area (TPSA) is 148 Å². The fraction of sp³-hybridized carbons (Fsp3) is 0.486. The van der Waals surface area contributed by atoms with Gasteiger partial charge in [-0.15, -0.1) is 0 Å². The summed E-state index contributed by atoms with van der Waals surface area (Å²) in [4.78, 5) is 29.6. The molecule has 5 rings (SSSR count). The lowest BCUT2D eigenvalue weighted by Gasteiger charge is -2.32. The zero-order valence-corrected chi connectivity index (χ0v) is 29.9. The highest BCUT2D eigenvalue weighted by atomic mass is 31.2. The van der Waals surface area contributed by atoms with Crippen molar-refractivity contribution in [1.82, 2.24) is 14.8 Å². The second kappa shape index (κ2) is 13.8. The Morgan fingerprint density at radius 2 is 1.63 bits per heavy atom. The molecule has 2 heterocycles. The van der Waals surface area contributed by atoms with Gasteiger partial charge in [0.1, 0.15) is 18.5 Å². The third-order valence-corrected chi connectivity index (χ3v) is 9.63. The molecule has 2 aromatic carbocycles. The van der Waals surface area contributed by atoms with Crippen LogP contribution in [0.5, 0.6) is 5.88 Å².